The molecule has 0 aromatic heterocycles. The molecule has 1 saturated carbocycles. The fourth-order valence-electron chi connectivity index (χ4n) is 6.11. The molecule has 0 amide bonds. The van der Waals surface area contributed by atoms with Crippen molar-refractivity contribution in [3.05, 3.63) is 53.6 Å². The second kappa shape index (κ2) is 12.4. The van der Waals surface area contributed by atoms with E-state index in [1.165, 1.54) is 69.1 Å². The quantitative estimate of drug-likeness (QED) is 0.243. The summed E-state index contributed by atoms with van der Waals surface area (Å²) in [6.07, 6.45) is 11.6. The van der Waals surface area contributed by atoms with E-state index in [1.54, 1.807) is 12.1 Å². The molecule has 1 nitrogen and oxygen atoms in total. The Balaban J connectivity index is 1.27. The first-order valence-electron chi connectivity index (χ1n) is 13.3. The first kappa shape index (κ1) is 26.2. The van der Waals surface area contributed by atoms with Gasteiger partial charge in [0, 0.05) is 14.4 Å². The van der Waals surface area contributed by atoms with Crippen LogP contribution in [-0.2, 0) is 0 Å². The third-order valence-corrected chi connectivity index (χ3v) is 11.4. The monoisotopic (exact) mass is 505 g/mol. The van der Waals surface area contributed by atoms with Crippen LogP contribution in [0.2, 0.25) is 18.1 Å². The highest BCUT2D eigenvalue weighted by molar-refractivity contribution is 6.58. The van der Waals surface area contributed by atoms with Crippen molar-refractivity contribution >= 4 is 8.80 Å². The zero-order valence-corrected chi connectivity index (χ0v) is 21.7. The lowest BCUT2D eigenvalue weighted by Gasteiger charge is -2.32. The first-order valence-corrected chi connectivity index (χ1v) is 15.4. The maximum atomic E-state index is 14.9. The number of ether oxygens (including phenoxy) is 1. The minimum atomic E-state index is -3.10. The summed E-state index contributed by atoms with van der Waals surface area (Å²) >= 11 is 0. The van der Waals surface area contributed by atoms with Crippen LogP contribution in [0.25, 0.3) is 11.1 Å². The normalized spacial score (nSPS) is 22.0. The summed E-state index contributed by atoms with van der Waals surface area (Å²) in [5.41, 5.74) is 1.57. The smallest absolute Gasteiger partial charge is 0.387 e. The number of benzene rings is 2. The Morgan fingerprint density at radius 2 is 1.54 bits per heavy atom. The number of rotatable bonds is 9. The van der Waals surface area contributed by atoms with Gasteiger partial charge < -0.3 is 4.74 Å². The van der Waals surface area contributed by atoms with Gasteiger partial charge >= 0.3 is 6.61 Å². The van der Waals surface area contributed by atoms with E-state index in [4.69, 9.17) is 0 Å². The Morgan fingerprint density at radius 1 is 0.857 bits per heavy atom. The SMILES string of the molecule is CCC[Si]1CCC(CCC2CCC(c3ccc(-c4ccc(OC(F)F)c(F)c4)c(F)c3)CC2)CC1. The fourth-order valence-corrected chi connectivity index (χ4v) is 9.20. The van der Waals surface area contributed by atoms with Crippen molar-refractivity contribution in [1.29, 1.82) is 0 Å². The summed E-state index contributed by atoms with van der Waals surface area (Å²) in [6.45, 7) is -0.785. The molecule has 2 fully saturated rings. The van der Waals surface area contributed by atoms with E-state index in [1.807, 2.05) is 6.07 Å². The van der Waals surface area contributed by atoms with Crippen molar-refractivity contribution in [2.45, 2.75) is 95.4 Å². The highest BCUT2D eigenvalue weighted by Gasteiger charge is 2.26. The van der Waals surface area contributed by atoms with Crippen molar-refractivity contribution < 1.29 is 22.3 Å². The molecule has 35 heavy (non-hydrogen) atoms. The van der Waals surface area contributed by atoms with Crippen LogP contribution in [0.1, 0.15) is 76.2 Å². The second-order valence-electron chi connectivity index (χ2n) is 10.5. The summed E-state index contributed by atoms with van der Waals surface area (Å²) in [5, 5.41) is 0. The molecule has 191 valence electrons. The fraction of sp³-hybridized carbons (Fsp3) is 0.586. The average molecular weight is 506 g/mol. The van der Waals surface area contributed by atoms with Gasteiger partial charge in [-0.2, -0.15) is 8.78 Å². The molecule has 4 rings (SSSR count). The lowest BCUT2D eigenvalue weighted by Crippen LogP contribution is -2.22. The first-order chi connectivity index (χ1) is 16.9. The molecule has 0 spiro atoms. The van der Waals surface area contributed by atoms with Gasteiger partial charge in [0.15, 0.2) is 11.6 Å². The molecule has 1 aliphatic heterocycles. The summed E-state index contributed by atoms with van der Waals surface area (Å²) in [6, 6.07) is 13.3. The molecular weight excluding hydrogens is 468 g/mol. The average Bonchev–Trinajstić information content (AvgIpc) is 2.85. The number of hydrogen-bond donors (Lipinski definition) is 0. The molecule has 0 N–H and O–H groups in total. The van der Waals surface area contributed by atoms with Gasteiger partial charge in [-0.1, -0.05) is 75.4 Å². The standard InChI is InChI=1S/C29H37F4OSi/c1-2-15-35-16-13-21(14-17-35)4-3-20-5-7-22(8-6-20)23-9-11-25(26(30)18-23)24-10-12-28(27(31)19-24)34-29(32)33/h9-12,18-22,29H,2-8,13-17H2,1H3. The second-order valence-corrected chi connectivity index (χ2v) is 13.5. The molecule has 2 aromatic rings. The van der Waals surface area contributed by atoms with Crippen molar-refractivity contribution in [3.63, 3.8) is 0 Å². The molecule has 6 heteroatoms. The van der Waals surface area contributed by atoms with Gasteiger partial charge in [-0.05, 0) is 72.8 Å². The van der Waals surface area contributed by atoms with Crippen LogP contribution in [0.3, 0.4) is 0 Å². The van der Waals surface area contributed by atoms with Gasteiger partial charge in [0.1, 0.15) is 5.82 Å². The van der Waals surface area contributed by atoms with E-state index in [2.05, 4.69) is 11.7 Å². The minimum absolute atomic E-state index is 0.0260. The van der Waals surface area contributed by atoms with Gasteiger partial charge in [0.2, 0.25) is 0 Å². The summed E-state index contributed by atoms with van der Waals surface area (Å²) in [5.74, 6) is 0.230. The van der Waals surface area contributed by atoms with E-state index >= 15 is 0 Å². The Kier molecular flexibility index (Phi) is 9.32. The van der Waals surface area contributed by atoms with Gasteiger partial charge in [-0.25, -0.2) is 8.78 Å². The maximum absolute atomic E-state index is 14.9. The molecule has 1 aliphatic carbocycles. The Morgan fingerprint density at radius 3 is 2.14 bits per heavy atom. The van der Waals surface area contributed by atoms with Gasteiger partial charge in [-0.15, -0.1) is 0 Å². The third-order valence-electron chi connectivity index (χ3n) is 8.17. The van der Waals surface area contributed by atoms with E-state index in [0.29, 0.717) is 11.5 Å². The van der Waals surface area contributed by atoms with Crippen LogP contribution >= 0.6 is 0 Å². The van der Waals surface area contributed by atoms with Crippen LogP contribution in [0.15, 0.2) is 36.4 Å². The van der Waals surface area contributed by atoms with Crippen LogP contribution in [0.4, 0.5) is 17.6 Å². The Hall–Kier alpha value is -1.82. The predicted molar refractivity (Wildman–Crippen MR) is 136 cm³/mol. The third kappa shape index (κ3) is 7.11. The molecule has 1 radical (unpaired) electrons. The zero-order chi connectivity index (χ0) is 24.8. The zero-order valence-electron chi connectivity index (χ0n) is 20.7. The van der Waals surface area contributed by atoms with Crippen LogP contribution in [0.5, 0.6) is 5.75 Å². The minimum Gasteiger partial charge on any atom is -0.432 e. The molecule has 0 bridgehead atoms. The van der Waals surface area contributed by atoms with Gasteiger partial charge in [-0.3, -0.25) is 0 Å². The highest BCUT2D eigenvalue weighted by Crippen LogP contribution is 2.40. The van der Waals surface area contributed by atoms with E-state index < -0.39 is 24.0 Å². The van der Waals surface area contributed by atoms with Crippen molar-refractivity contribution in [2.24, 2.45) is 11.8 Å². The lowest BCUT2D eigenvalue weighted by molar-refractivity contribution is -0.0521. The molecule has 2 aliphatic rings. The maximum Gasteiger partial charge on any atom is 0.387 e. The molecule has 0 atom stereocenters. The highest BCUT2D eigenvalue weighted by atomic mass is 28.3. The van der Waals surface area contributed by atoms with Crippen LogP contribution < -0.4 is 4.74 Å². The number of hydrogen-bond acceptors (Lipinski definition) is 1. The van der Waals surface area contributed by atoms with E-state index in [-0.39, 0.29) is 14.4 Å². The predicted octanol–water partition coefficient (Wildman–Crippen LogP) is 9.60. The molecule has 2 aromatic carbocycles. The van der Waals surface area contributed by atoms with Crippen LogP contribution in [-0.4, -0.2) is 15.4 Å². The lowest BCUT2D eigenvalue weighted by atomic mass is 9.76. The van der Waals surface area contributed by atoms with Gasteiger partial charge in [0.05, 0.1) is 0 Å². The summed E-state index contributed by atoms with van der Waals surface area (Å²) in [7, 11) is -0.0260. The molecule has 1 saturated heterocycles. The summed E-state index contributed by atoms with van der Waals surface area (Å²) in [4.78, 5) is 0. The molecule has 0 unspecified atom stereocenters. The van der Waals surface area contributed by atoms with E-state index in [9.17, 15) is 17.6 Å². The largest absolute Gasteiger partial charge is 0.432 e. The van der Waals surface area contributed by atoms with Gasteiger partial charge in [0.25, 0.3) is 0 Å². The topological polar surface area (TPSA) is 9.23 Å². The van der Waals surface area contributed by atoms with E-state index in [0.717, 1.165) is 42.4 Å². The van der Waals surface area contributed by atoms with Crippen molar-refractivity contribution in [1.82, 2.24) is 0 Å². The Labute approximate surface area is 208 Å². The van der Waals surface area contributed by atoms with Crippen LogP contribution in [0, 0.1) is 23.5 Å². The molecule has 1 heterocycles. The number of alkyl halides is 2. The molecular formula is C29H37F4OSi. The Bertz CT molecular complexity index is 950. The number of halogens is 4. The van der Waals surface area contributed by atoms with Crippen molar-refractivity contribution in [2.75, 3.05) is 0 Å². The summed E-state index contributed by atoms with van der Waals surface area (Å²) < 4.78 is 57.9. The van der Waals surface area contributed by atoms with Crippen molar-refractivity contribution in [3.8, 4) is 16.9 Å².